The van der Waals surface area contributed by atoms with Crippen LogP contribution in [-0.2, 0) is 6.54 Å². The van der Waals surface area contributed by atoms with E-state index in [-0.39, 0.29) is 11.6 Å². The summed E-state index contributed by atoms with van der Waals surface area (Å²) in [6, 6.07) is 5.34. The molecule has 1 atom stereocenters. The van der Waals surface area contributed by atoms with E-state index in [2.05, 4.69) is 4.98 Å². The standard InChI is InChI=1S/C13H16ClN3O/c1-4-17-12(8(2)15-3)16-11-7-9(14)5-6-10(11)13(17)18/h5-8,15H,4H2,1-3H3/p+1/t8-/m1/s1. The van der Waals surface area contributed by atoms with Gasteiger partial charge in [-0.05, 0) is 32.0 Å². The minimum absolute atomic E-state index is 0.00265. The lowest BCUT2D eigenvalue weighted by Gasteiger charge is -2.14. The van der Waals surface area contributed by atoms with Gasteiger partial charge < -0.3 is 5.32 Å². The number of benzene rings is 1. The van der Waals surface area contributed by atoms with Crippen LogP contribution in [0.2, 0.25) is 5.02 Å². The zero-order chi connectivity index (χ0) is 13.3. The van der Waals surface area contributed by atoms with Crippen LogP contribution in [0, 0.1) is 0 Å². The van der Waals surface area contributed by atoms with E-state index < -0.39 is 0 Å². The van der Waals surface area contributed by atoms with E-state index in [0.717, 1.165) is 5.82 Å². The highest BCUT2D eigenvalue weighted by Crippen LogP contribution is 2.16. The molecule has 0 radical (unpaired) electrons. The maximum atomic E-state index is 12.4. The summed E-state index contributed by atoms with van der Waals surface area (Å²) in [7, 11) is 1.97. The Bertz CT molecular complexity index is 636. The van der Waals surface area contributed by atoms with Gasteiger partial charge >= 0.3 is 0 Å². The molecule has 0 aliphatic heterocycles. The Morgan fingerprint density at radius 2 is 2.22 bits per heavy atom. The molecule has 0 aliphatic rings. The Morgan fingerprint density at radius 1 is 1.50 bits per heavy atom. The Kier molecular flexibility index (Phi) is 3.68. The van der Waals surface area contributed by atoms with Gasteiger partial charge in [0, 0.05) is 11.6 Å². The van der Waals surface area contributed by atoms with Crippen molar-refractivity contribution in [3.8, 4) is 0 Å². The van der Waals surface area contributed by atoms with Crippen molar-refractivity contribution in [2.75, 3.05) is 7.05 Å². The highest BCUT2D eigenvalue weighted by Gasteiger charge is 2.16. The summed E-state index contributed by atoms with van der Waals surface area (Å²) < 4.78 is 1.72. The number of halogens is 1. The fourth-order valence-corrected chi connectivity index (χ4v) is 2.18. The summed E-state index contributed by atoms with van der Waals surface area (Å²) in [4.78, 5) is 17.0. The van der Waals surface area contributed by atoms with Gasteiger partial charge in [0.15, 0.2) is 5.82 Å². The summed E-state index contributed by atoms with van der Waals surface area (Å²) in [5.74, 6) is 0.791. The third-order valence-corrected chi connectivity index (χ3v) is 3.41. The van der Waals surface area contributed by atoms with Crippen molar-refractivity contribution < 1.29 is 5.32 Å². The molecule has 0 unspecified atom stereocenters. The zero-order valence-corrected chi connectivity index (χ0v) is 11.5. The Labute approximate surface area is 111 Å². The van der Waals surface area contributed by atoms with Crippen molar-refractivity contribution in [1.82, 2.24) is 9.55 Å². The van der Waals surface area contributed by atoms with E-state index in [1.54, 1.807) is 22.8 Å². The third kappa shape index (κ3) is 2.13. The first kappa shape index (κ1) is 13.1. The van der Waals surface area contributed by atoms with Gasteiger partial charge in [0.05, 0.1) is 18.0 Å². The van der Waals surface area contributed by atoms with Crippen LogP contribution in [0.25, 0.3) is 10.9 Å². The molecule has 2 rings (SSSR count). The summed E-state index contributed by atoms with van der Waals surface area (Å²) in [6.07, 6.45) is 0. The second-order valence-electron chi connectivity index (χ2n) is 4.30. The minimum Gasteiger partial charge on any atom is -0.340 e. The second-order valence-corrected chi connectivity index (χ2v) is 4.74. The zero-order valence-electron chi connectivity index (χ0n) is 10.8. The van der Waals surface area contributed by atoms with Crippen molar-refractivity contribution >= 4 is 22.5 Å². The minimum atomic E-state index is 0.00265. The monoisotopic (exact) mass is 266 g/mol. The van der Waals surface area contributed by atoms with Crippen molar-refractivity contribution in [2.24, 2.45) is 0 Å². The molecule has 0 saturated heterocycles. The summed E-state index contributed by atoms with van der Waals surface area (Å²) >= 11 is 5.95. The van der Waals surface area contributed by atoms with Gasteiger partial charge in [-0.3, -0.25) is 9.36 Å². The lowest BCUT2D eigenvalue weighted by molar-refractivity contribution is -0.668. The first-order valence-electron chi connectivity index (χ1n) is 6.08. The molecule has 0 fully saturated rings. The fourth-order valence-electron chi connectivity index (χ4n) is 2.01. The average molecular weight is 267 g/mol. The molecule has 0 spiro atoms. The first-order valence-corrected chi connectivity index (χ1v) is 6.45. The molecule has 96 valence electrons. The van der Waals surface area contributed by atoms with Gasteiger partial charge in [-0.15, -0.1) is 0 Å². The number of hydrogen-bond donors (Lipinski definition) is 1. The van der Waals surface area contributed by atoms with E-state index in [1.165, 1.54) is 0 Å². The normalized spacial score (nSPS) is 12.9. The molecule has 4 nitrogen and oxygen atoms in total. The van der Waals surface area contributed by atoms with Crippen molar-refractivity contribution in [2.45, 2.75) is 26.4 Å². The number of hydrogen-bond acceptors (Lipinski definition) is 2. The van der Waals surface area contributed by atoms with Crippen molar-refractivity contribution in [3.05, 3.63) is 39.4 Å². The maximum absolute atomic E-state index is 12.4. The van der Waals surface area contributed by atoms with E-state index >= 15 is 0 Å². The fraction of sp³-hybridized carbons (Fsp3) is 0.385. The number of quaternary nitrogens is 1. The van der Waals surface area contributed by atoms with Crippen LogP contribution in [0.1, 0.15) is 25.7 Å². The lowest BCUT2D eigenvalue weighted by atomic mass is 10.2. The van der Waals surface area contributed by atoms with E-state index in [1.807, 2.05) is 26.2 Å². The number of nitrogens with zero attached hydrogens (tertiary/aromatic N) is 2. The van der Waals surface area contributed by atoms with Gasteiger partial charge in [0.25, 0.3) is 5.56 Å². The van der Waals surface area contributed by atoms with E-state index in [9.17, 15) is 4.79 Å². The molecule has 1 aromatic carbocycles. The van der Waals surface area contributed by atoms with Crippen LogP contribution in [0.15, 0.2) is 23.0 Å². The summed E-state index contributed by atoms with van der Waals surface area (Å²) in [5, 5.41) is 3.25. The van der Waals surface area contributed by atoms with Crippen LogP contribution in [0.3, 0.4) is 0 Å². The number of rotatable bonds is 3. The topological polar surface area (TPSA) is 51.5 Å². The molecule has 2 aromatic rings. The summed E-state index contributed by atoms with van der Waals surface area (Å²) in [5.41, 5.74) is 0.670. The molecule has 5 heteroatoms. The largest absolute Gasteiger partial charge is 0.340 e. The van der Waals surface area contributed by atoms with Gasteiger partial charge in [0.2, 0.25) is 0 Å². The van der Waals surface area contributed by atoms with Crippen LogP contribution in [0.4, 0.5) is 0 Å². The molecule has 1 aromatic heterocycles. The average Bonchev–Trinajstić information content (AvgIpc) is 2.37. The van der Waals surface area contributed by atoms with Gasteiger partial charge in [0.1, 0.15) is 6.04 Å². The van der Waals surface area contributed by atoms with Gasteiger partial charge in [-0.2, -0.15) is 0 Å². The third-order valence-electron chi connectivity index (χ3n) is 3.17. The van der Waals surface area contributed by atoms with Crippen molar-refractivity contribution in [3.63, 3.8) is 0 Å². The molecule has 2 N–H and O–H groups in total. The lowest BCUT2D eigenvalue weighted by Crippen LogP contribution is -2.80. The second kappa shape index (κ2) is 5.08. The van der Waals surface area contributed by atoms with Crippen LogP contribution in [0.5, 0.6) is 0 Å². The maximum Gasteiger partial charge on any atom is 0.261 e. The highest BCUT2D eigenvalue weighted by atomic mass is 35.5. The summed E-state index contributed by atoms with van der Waals surface area (Å²) in [6.45, 7) is 4.61. The van der Waals surface area contributed by atoms with Gasteiger partial charge in [-0.1, -0.05) is 11.6 Å². The molecule has 1 heterocycles. The Morgan fingerprint density at radius 3 is 2.83 bits per heavy atom. The van der Waals surface area contributed by atoms with E-state index in [0.29, 0.717) is 22.5 Å². The van der Waals surface area contributed by atoms with Crippen LogP contribution in [-0.4, -0.2) is 16.6 Å². The first-order chi connectivity index (χ1) is 8.58. The van der Waals surface area contributed by atoms with Crippen LogP contribution < -0.4 is 10.9 Å². The highest BCUT2D eigenvalue weighted by molar-refractivity contribution is 6.31. The predicted molar refractivity (Wildman–Crippen MR) is 73.0 cm³/mol. The predicted octanol–water partition coefficient (Wildman–Crippen LogP) is 1.32. The smallest absolute Gasteiger partial charge is 0.261 e. The Hall–Kier alpha value is -1.39. The van der Waals surface area contributed by atoms with Gasteiger partial charge in [-0.25, -0.2) is 4.98 Å². The molecule has 18 heavy (non-hydrogen) atoms. The van der Waals surface area contributed by atoms with Crippen molar-refractivity contribution in [1.29, 1.82) is 0 Å². The molecular formula is C13H17ClN3O+. The van der Waals surface area contributed by atoms with E-state index in [4.69, 9.17) is 11.6 Å². The SMILES string of the molecule is CCn1c([C@@H](C)[NH2+]C)nc2cc(Cl)ccc2c1=O. The Balaban J connectivity index is 2.82. The quantitative estimate of drug-likeness (QED) is 0.911. The molecular weight excluding hydrogens is 250 g/mol. The molecule has 0 saturated carbocycles. The molecule has 0 aliphatic carbocycles. The molecule has 0 amide bonds. The number of aromatic nitrogens is 2. The number of fused-ring (bicyclic) bond motifs is 1. The molecule has 0 bridgehead atoms. The number of nitrogens with two attached hydrogens (primary N) is 1. The van der Waals surface area contributed by atoms with Crippen LogP contribution >= 0.6 is 11.6 Å².